The third kappa shape index (κ3) is 3.19. The molecular weight excluding hydrogens is 228 g/mol. The van der Waals surface area contributed by atoms with Crippen molar-refractivity contribution < 1.29 is 13.2 Å². The second-order valence-electron chi connectivity index (χ2n) is 3.71. The van der Waals surface area contributed by atoms with Gasteiger partial charge in [0.25, 0.3) is 0 Å². The second kappa shape index (κ2) is 4.82. The van der Waals surface area contributed by atoms with Crippen LogP contribution in [0.1, 0.15) is 12.5 Å². The zero-order chi connectivity index (χ0) is 12.3. The van der Waals surface area contributed by atoms with E-state index in [1.165, 1.54) is 13.2 Å². The Bertz CT molecular complexity index is 469. The fourth-order valence-electron chi connectivity index (χ4n) is 1.44. The molecule has 0 aliphatic rings. The number of primary sulfonamides is 1. The van der Waals surface area contributed by atoms with Gasteiger partial charge >= 0.3 is 0 Å². The van der Waals surface area contributed by atoms with Crippen LogP contribution in [0.25, 0.3) is 0 Å². The Hall–Kier alpha value is -1.11. The van der Waals surface area contributed by atoms with Crippen LogP contribution < -0.4 is 15.6 Å². The number of methoxy groups -OCH3 is 1. The van der Waals surface area contributed by atoms with E-state index in [0.29, 0.717) is 6.42 Å². The maximum Gasteiger partial charge on any atom is 0.241 e. The zero-order valence-electron chi connectivity index (χ0n) is 9.30. The third-order valence-electron chi connectivity index (χ3n) is 2.09. The van der Waals surface area contributed by atoms with E-state index in [-0.39, 0.29) is 16.7 Å². The van der Waals surface area contributed by atoms with Crippen LogP contribution in [0.4, 0.5) is 0 Å². The minimum Gasteiger partial charge on any atom is -0.495 e. The molecule has 1 aromatic carbocycles. The van der Waals surface area contributed by atoms with Crippen molar-refractivity contribution in [2.75, 3.05) is 7.11 Å². The molecular formula is C10H16N2O3S. The first-order valence-corrected chi connectivity index (χ1v) is 6.34. The molecule has 0 unspecified atom stereocenters. The highest BCUT2D eigenvalue weighted by Gasteiger charge is 2.15. The highest BCUT2D eigenvalue weighted by Crippen LogP contribution is 2.24. The molecule has 1 atom stereocenters. The lowest BCUT2D eigenvalue weighted by atomic mass is 10.1. The molecule has 0 saturated heterocycles. The van der Waals surface area contributed by atoms with Crippen LogP contribution in [0, 0.1) is 0 Å². The van der Waals surface area contributed by atoms with E-state index in [1.807, 2.05) is 6.92 Å². The first-order chi connectivity index (χ1) is 7.34. The Morgan fingerprint density at radius 1 is 1.44 bits per heavy atom. The smallest absolute Gasteiger partial charge is 0.241 e. The first-order valence-electron chi connectivity index (χ1n) is 4.80. The predicted molar refractivity (Wildman–Crippen MR) is 61.7 cm³/mol. The highest BCUT2D eigenvalue weighted by molar-refractivity contribution is 7.89. The molecule has 0 fully saturated rings. The summed E-state index contributed by atoms with van der Waals surface area (Å²) in [5.74, 6) is 0.246. The van der Waals surface area contributed by atoms with Crippen molar-refractivity contribution in [2.24, 2.45) is 10.9 Å². The van der Waals surface area contributed by atoms with Gasteiger partial charge in [-0.15, -0.1) is 0 Å². The number of ether oxygens (including phenoxy) is 1. The molecule has 0 aliphatic carbocycles. The van der Waals surface area contributed by atoms with Gasteiger partial charge in [0.05, 0.1) is 7.11 Å². The Morgan fingerprint density at radius 2 is 2.06 bits per heavy atom. The van der Waals surface area contributed by atoms with Crippen LogP contribution in [-0.4, -0.2) is 21.6 Å². The van der Waals surface area contributed by atoms with Gasteiger partial charge in [0.15, 0.2) is 0 Å². The molecule has 0 amide bonds. The van der Waals surface area contributed by atoms with Crippen molar-refractivity contribution in [3.8, 4) is 5.75 Å². The standard InChI is InChI=1S/C10H16N2O3S/c1-7(11)5-8-3-4-9(15-2)10(6-8)16(12,13)14/h3-4,6-7H,5,11H2,1-2H3,(H2,12,13,14)/t7-/m0/s1. The normalized spacial score (nSPS) is 13.5. The maximum absolute atomic E-state index is 11.3. The summed E-state index contributed by atoms with van der Waals surface area (Å²) in [7, 11) is -2.37. The number of sulfonamides is 1. The van der Waals surface area contributed by atoms with Gasteiger partial charge in [-0.3, -0.25) is 0 Å². The second-order valence-corrected chi connectivity index (χ2v) is 5.24. The summed E-state index contributed by atoms with van der Waals surface area (Å²) in [6.45, 7) is 1.85. The van der Waals surface area contributed by atoms with Gasteiger partial charge in [-0.1, -0.05) is 6.07 Å². The molecule has 0 bridgehead atoms. The molecule has 0 spiro atoms. The van der Waals surface area contributed by atoms with Crippen molar-refractivity contribution in [3.05, 3.63) is 23.8 Å². The summed E-state index contributed by atoms with van der Waals surface area (Å²) in [6, 6.07) is 4.81. The SMILES string of the molecule is COc1ccc(C[C@H](C)N)cc1S(N)(=O)=O. The molecule has 90 valence electrons. The Labute approximate surface area is 95.4 Å². The first kappa shape index (κ1) is 13.0. The molecule has 0 aromatic heterocycles. The number of hydrogen-bond acceptors (Lipinski definition) is 4. The average Bonchev–Trinajstić information content (AvgIpc) is 2.15. The van der Waals surface area contributed by atoms with E-state index in [9.17, 15) is 8.42 Å². The minimum absolute atomic E-state index is 0.00634. The molecule has 6 heteroatoms. The van der Waals surface area contributed by atoms with Gasteiger partial charge < -0.3 is 10.5 Å². The Morgan fingerprint density at radius 3 is 2.50 bits per heavy atom. The number of nitrogens with two attached hydrogens (primary N) is 2. The van der Waals surface area contributed by atoms with E-state index in [2.05, 4.69) is 0 Å². The van der Waals surface area contributed by atoms with Crippen molar-refractivity contribution >= 4 is 10.0 Å². The third-order valence-corrected chi connectivity index (χ3v) is 3.02. The quantitative estimate of drug-likeness (QED) is 0.792. The van der Waals surface area contributed by atoms with Crippen LogP contribution in [0.5, 0.6) is 5.75 Å². The van der Waals surface area contributed by atoms with Crippen LogP contribution >= 0.6 is 0 Å². The van der Waals surface area contributed by atoms with Crippen LogP contribution in [-0.2, 0) is 16.4 Å². The molecule has 0 heterocycles. The molecule has 0 aliphatic heterocycles. The minimum atomic E-state index is -3.77. The lowest BCUT2D eigenvalue weighted by molar-refractivity contribution is 0.402. The number of hydrogen-bond donors (Lipinski definition) is 2. The molecule has 1 rings (SSSR count). The van der Waals surface area contributed by atoms with E-state index in [1.54, 1.807) is 12.1 Å². The summed E-state index contributed by atoms with van der Waals surface area (Å²) in [5.41, 5.74) is 6.46. The molecule has 5 nitrogen and oxygen atoms in total. The van der Waals surface area contributed by atoms with E-state index in [4.69, 9.17) is 15.6 Å². The summed E-state index contributed by atoms with van der Waals surface area (Å²) in [6.07, 6.45) is 0.590. The number of rotatable bonds is 4. The van der Waals surface area contributed by atoms with Crippen molar-refractivity contribution in [2.45, 2.75) is 24.3 Å². The van der Waals surface area contributed by atoms with Crippen molar-refractivity contribution in [1.29, 1.82) is 0 Å². The van der Waals surface area contributed by atoms with Gasteiger partial charge in [-0.25, -0.2) is 13.6 Å². The van der Waals surface area contributed by atoms with Gasteiger partial charge in [0, 0.05) is 6.04 Å². The highest BCUT2D eigenvalue weighted by atomic mass is 32.2. The fourth-order valence-corrected chi connectivity index (χ4v) is 2.19. The van der Waals surface area contributed by atoms with Gasteiger partial charge in [-0.05, 0) is 31.0 Å². The Kier molecular flexibility index (Phi) is 3.90. The fraction of sp³-hybridized carbons (Fsp3) is 0.400. The Balaban J connectivity index is 3.22. The van der Waals surface area contributed by atoms with Gasteiger partial charge in [0.2, 0.25) is 10.0 Å². The molecule has 16 heavy (non-hydrogen) atoms. The summed E-state index contributed by atoms with van der Waals surface area (Å²) >= 11 is 0. The average molecular weight is 244 g/mol. The van der Waals surface area contributed by atoms with Gasteiger partial charge in [-0.2, -0.15) is 0 Å². The topological polar surface area (TPSA) is 95.4 Å². The van der Waals surface area contributed by atoms with Crippen LogP contribution in [0.15, 0.2) is 23.1 Å². The lowest BCUT2D eigenvalue weighted by Crippen LogP contribution is -2.19. The molecule has 0 saturated carbocycles. The number of benzene rings is 1. The lowest BCUT2D eigenvalue weighted by Gasteiger charge is -2.10. The van der Waals surface area contributed by atoms with Crippen LogP contribution in [0.3, 0.4) is 0 Å². The monoisotopic (exact) mass is 244 g/mol. The maximum atomic E-state index is 11.3. The zero-order valence-corrected chi connectivity index (χ0v) is 10.1. The molecule has 4 N–H and O–H groups in total. The van der Waals surface area contributed by atoms with Crippen molar-refractivity contribution in [3.63, 3.8) is 0 Å². The van der Waals surface area contributed by atoms with Crippen LogP contribution in [0.2, 0.25) is 0 Å². The van der Waals surface area contributed by atoms with Crippen molar-refractivity contribution in [1.82, 2.24) is 0 Å². The largest absolute Gasteiger partial charge is 0.495 e. The van der Waals surface area contributed by atoms with Gasteiger partial charge in [0.1, 0.15) is 10.6 Å². The summed E-state index contributed by atoms with van der Waals surface area (Å²) in [5, 5.41) is 5.09. The summed E-state index contributed by atoms with van der Waals surface area (Å²) in [4.78, 5) is -0.00634. The van der Waals surface area contributed by atoms with E-state index in [0.717, 1.165) is 5.56 Å². The van der Waals surface area contributed by atoms with E-state index < -0.39 is 10.0 Å². The molecule has 1 aromatic rings. The summed E-state index contributed by atoms with van der Waals surface area (Å²) < 4.78 is 27.6. The molecule has 0 radical (unpaired) electrons. The van der Waals surface area contributed by atoms with E-state index >= 15 is 0 Å². The predicted octanol–water partition coefficient (Wildman–Crippen LogP) is 0.232.